The Morgan fingerprint density at radius 3 is 2.83 bits per heavy atom. The van der Waals surface area contributed by atoms with Crippen LogP contribution in [0.1, 0.15) is 28.5 Å². The van der Waals surface area contributed by atoms with E-state index in [4.69, 9.17) is 11.6 Å². The summed E-state index contributed by atoms with van der Waals surface area (Å²) in [5.41, 5.74) is 3.18. The lowest BCUT2D eigenvalue weighted by atomic mass is 10.1. The van der Waals surface area contributed by atoms with Crippen LogP contribution in [0.5, 0.6) is 0 Å². The maximum atomic E-state index is 12.3. The van der Waals surface area contributed by atoms with E-state index < -0.39 is 0 Å². The number of nitrogens with zero attached hydrogens (tertiary/aromatic N) is 4. The molecule has 1 N–H and O–H groups in total. The first-order valence-corrected chi connectivity index (χ1v) is 8.05. The van der Waals surface area contributed by atoms with Gasteiger partial charge in [0, 0.05) is 18.9 Å². The van der Waals surface area contributed by atoms with E-state index in [1.54, 1.807) is 28.0 Å². The van der Waals surface area contributed by atoms with Gasteiger partial charge in [-0.1, -0.05) is 41.4 Å². The molecular formula is C17H18ClN5O. The first-order chi connectivity index (χ1) is 11.5. The molecule has 3 aromatic rings. The average molecular weight is 344 g/mol. The summed E-state index contributed by atoms with van der Waals surface area (Å²) >= 11 is 6.05. The second-order valence-corrected chi connectivity index (χ2v) is 5.96. The van der Waals surface area contributed by atoms with Crippen LogP contribution in [0, 0.1) is 6.92 Å². The van der Waals surface area contributed by atoms with E-state index in [9.17, 15) is 4.79 Å². The highest BCUT2D eigenvalue weighted by atomic mass is 35.5. The van der Waals surface area contributed by atoms with Crippen molar-refractivity contribution in [2.24, 2.45) is 0 Å². The number of carbonyl (C=O) groups is 1. The normalized spacial score (nSPS) is 10.8. The molecule has 0 spiro atoms. The number of hydrogen-bond acceptors (Lipinski definition) is 3. The van der Waals surface area contributed by atoms with Gasteiger partial charge < -0.3 is 5.32 Å². The topological polar surface area (TPSA) is 64.7 Å². The van der Waals surface area contributed by atoms with Gasteiger partial charge in [0.25, 0.3) is 5.91 Å². The van der Waals surface area contributed by atoms with Crippen molar-refractivity contribution in [1.82, 2.24) is 19.6 Å². The molecule has 0 bridgehead atoms. The number of nitrogens with one attached hydrogen (secondary N) is 1. The fraction of sp³-hybridized carbons (Fsp3) is 0.235. The van der Waals surface area contributed by atoms with Crippen molar-refractivity contribution >= 4 is 23.2 Å². The summed E-state index contributed by atoms with van der Waals surface area (Å²) in [5.74, 6) is -0.345. The van der Waals surface area contributed by atoms with Crippen LogP contribution in [0.4, 0.5) is 5.69 Å². The summed E-state index contributed by atoms with van der Waals surface area (Å²) in [6.45, 7) is 5.28. The number of carbonyl (C=O) groups excluding carboxylic acids is 1. The van der Waals surface area contributed by atoms with Crippen LogP contribution >= 0.6 is 11.6 Å². The summed E-state index contributed by atoms with van der Waals surface area (Å²) in [7, 11) is 0. The SMILES string of the molecule is CCn1cc(Cl)c(C(=O)Nc2cnn(Cc3cccc(C)c3)c2)n1. The number of aryl methyl sites for hydroxylation is 2. The molecule has 1 aromatic carbocycles. The van der Waals surface area contributed by atoms with Crippen molar-refractivity contribution in [3.63, 3.8) is 0 Å². The van der Waals surface area contributed by atoms with E-state index in [1.807, 2.05) is 19.1 Å². The highest BCUT2D eigenvalue weighted by Crippen LogP contribution is 2.16. The van der Waals surface area contributed by atoms with Gasteiger partial charge in [0.1, 0.15) is 0 Å². The van der Waals surface area contributed by atoms with E-state index in [0.29, 0.717) is 23.8 Å². The largest absolute Gasteiger partial charge is 0.318 e. The number of anilines is 1. The Kier molecular flexibility index (Phi) is 4.66. The van der Waals surface area contributed by atoms with Gasteiger partial charge >= 0.3 is 0 Å². The van der Waals surface area contributed by atoms with Gasteiger partial charge in [-0.15, -0.1) is 0 Å². The van der Waals surface area contributed by atoms with E-state index in [-0.39, 0.29) is 11.6 Å². The lowest BCUT2D eigenvalue weighted by molar-refractivity contribution is 0.102. The predicted molar refractivity (Wildman–Crippen MR) is 93.4 cm³/mol. The highest BCUT2D eigenvalue weighted by molar-refractivity contribution is 6.34. The fourth-order valence-corrected chi connectivity index (χ4v) is 2.65. The monoisotopic (exact) mass is 343 g/mol. The number of aromatic nitrogens is 4. The van der Waals surface area contributed by atoms with Crippen molar-refractivity contribution < 1.29 is 4.79 Å². The Balaban J connectivity index is 1.69. The zero-order valence-electron chi connectivity index (χ0n) is 13.5. The minimum atomic E-state index is -0.345. The van der Waals surface area contributed by atoms with Crippen LogP contribution in [0.15, 0.2) is 42.9 Å². The number of halogens is 1. The molecule has 2 aromatic heterocycles. The third-order valence-corrected chi connectivity index (χ3v) is 3.85. The van der Waals surface area contributed by atoms with Crippen LogP contribution < -0.4 is 5.32 Å². The summed E-state index contributed by atoms with van der Waals surface area (Å²) in [4.78, 5) is 12.3. The molecule has 0 atom stereocenters. The molecule has 124 valence electrons. The van der Waals surface area contributed by atoms with Crippen LogP contribution in [0.2, 0.25) is 5.02 Å². The van der Waals surface area contributed by atoms with Crippen molar-refractivity contribution in [3.8, 4) is 0 Å². The van der Waals surface area contributed by atoms with Gasteiger partial charge in [0.05, 0.1) is 23.5 Å². The summed E-state index contributed by atoms with van der Waals surface area (Å²) in [6, 6.07) is 8.22. The Labute approximate surface area is 145 Å². The molecular weight excluding hydrogens is 326 g/mol. The molecule has 0 radical (unpaired) electrons. The Morgan fingerprint density at radius 2 is 2.12 bits per heavy atom. The van der Waals surface area contributed by atoms with Gasteiger partial charge in [-0.25, -0.2) is 0 Å². The number of rotatable bonds is 5. The summed E-state index contributed by atoms with van der Waals surface area (Å²) in [5, 5.41) is 11.5. The van der Waals surface area contributed by atoms with Crippen molar-refractivity contribution in [3.05, 3.63) is 64.7 Å². The van der Waals surface area contributed by atoms with E-state index >= 15 is 0 Å². The summed E-state index contributed by atoms with van der Waals surface area (Å²) < 4.78 is 3.40. The van der Waals surface area contributed by atoms with Crippen LogP contribution in [0.3, 0.4) is 0 Å². The second kappa shape index (κ2) is 6.88. The molecule has 3 rings (SSSR count). The van der Waals surface area contributed by atoms with Crippen molar-refractivity contribution in [1.29, 1.82) is 0 Å². The third kappa shape index (κ3) is 3.65. The second-order valence-electron chi connectivity index (χ2n) is 5.55. The highest BCUT2D eigenvalue weighted by Gasteiger charge is 2.16. The van der Waals surface area contributed by atoms with Gasteiger partial charge in [0.15, 0.2) is 5.69 Å². The average Bonchev–Trinajstić information content (AvgIpc) is 3.13. The zero-order valence-corrected chi connectivity index (χ0v) is 14.3. The molecule has 0 unspecified atom stereocenters. The molecule has 2 heterocycles. The third-order valence-electron chi connectivity index (χ3n) is 3.57. The van der Waals surface area contributed by atoms with Crippen LogP contribution in [0.25, 0.3) is 0 Å². The molecule has 0 fully saturated rings. The number of amides is 1. The Hall–Kier alpha value is -2.60. The minimum Gasteiger partial charge on any atom is -0.318 e. The lowest BCUT2D eigenvalue weighted by Gasteiger charge is -2.03. The van der Waals surface area contributed by atoms with Gasteiger partial charge in [-0.05, 0) is 19.4 Å². The van der Waals surface area contributed by atoms with Crippen LogP contribution in [-0.2, 0) is 13.1 Å². The Bertz CT molecular complexity index is 868. The van der Waals surface area contributed by atoms with Gasteiger partial charge in [-0.3, -0.25) is 14.2 Å². The lowest BCUT2D eigenvalue weighted by Crippen LogP contribution is -2.13. The molecule has 0 saturated heterocycles. The molecule has 0 aliphatic rings. The molecule has 0 aliphatic heterocycles. The number of hydrogen-bond donors (Lipinski definition) is 1. The van der Waals surface area contributed by atoms with Crippen molar-refractivity contribution in [2.45, 2.75) is 26.9 Å². The van der Waals surface area contributed by atoms with Gasteiger partial charge in [0.2, 0.25) is 0 Å². The van der Waals surface area contributed by atoms with E-state index in [0.717, 1.165) is 5.56 Å². The summed E-state index contributed by atoms with van der Waals surface area (Å²) in [6.07, 6.45) is 5.03. The van der Waals surface area contributed by atoms with E-state index in [2.05, 4.69) is 34.6 Å². The minimum absolute atomic E-state index is 0.213. The quantitative estimate of drug-likeness (QED) is 0.772. The maximum absolute atomic E-state index is 12.3. The molecule has 1 amide bonds. The van der Waals surface area contributed by atoms with Gasteiger partial charge in [-0.2, -0.15) is 10.2 Å². The molecule has 0 saturated carbocycles. The van der Waals surface area contributed by atoms with Crippen molar-refractivity contribution in [2.75, 3.05) is 5.32 Å². The predicted octanol–water partition coefficient (Wildman–Crippen LogP) is 3.36. The molecule has 0 aliphatic carbocycles. The fourth-order valence-electron chi connectivity index (χ4n) is 2.42. The number of benzene rings is 1. The maximum Gasteiger partial charge on any atom is 0.277 e. The molecule has 24 heavy (non-hydrogen) atoms. The first-order valence-electron chi connectivity index (χ1n) is 7.67. The Morgan fingerprint density at radius 1 is 1.29 bits per heavy atom. The molecule has 7 heteroatoms. The smallest absolute Gasteiger partial charge is 0.277 e. The van der Waals surface area contributed by atoms with Crippen LogP contribution in [-0.4, -0.2) is 25.5 Å². The zero-order chi connectivity index (χ0) is 17.1. The molecule has 6 nitrogen and oxygen atoms in total. The van der Waals surface area contributed by atoms with E-state index in [1.165, 1.54) is 5.56 Å². The standard InChI is InChI=1S/C17H18ClN5O/c1-3-22-11-15(18)16(21-22)17(24)20-14-8-19-23(10-14)9-13-6-4-5-12(2)7-13/h4-8,10-11H,3,9H2,1-2H3,(H,20,24). The first kappa shape index (κ1) is 16.3.